The Hall–Kier alpha value is -2.49. The molecule has 2 rings (SSSR count). The number of ether oxygens (including phenoxy) is 2. The second-order valence-corrected chi connectivity index (χ2v) is 6.64. The van der Waals surface area contributed by atoms with Crippen molar-refractivity contribution in [1.29, 1.82) is 0 Å². The lowest BCUT2D eigenvalue weighted by Crippen LogP contribution is -2.38. The Morgan fingerprint density at radius 1 is 1.00 bits per heavy atom. The van der Waals surface area contributed by atoms with Gasteiger partial charge in [-0.2, -0.15) is 0 Å². The SMILES string of the molecule is COc1ccc(N(C(=O)OC(C)(C)C)C(C)c2ccccc2)cc1. The van der Waals surface area contributed by atoms with E-state index in [-0.39, 0.29) is 12.1 Å². The third-order valence-electron chi connectivity index (χ3n) is 3.61. The van der Waals surface area contributed by atoms with Crippen LogP contribution in [0.2, 0.25) is 0 Å². The first-order chi connectivity index (χ1) is 11.3. The highest BCUT2D eigenvalue weighted by atomic mass is 16.6. The molecule has 0 radical (unpaired) electrons. The van der Waals surface area contributed by atoms with Crippen LogP contribution in [0.4, 0.5) is 10.5 Å². The third kappa shape index (κ3) is 4.51. The molecule has 0 heterocycles. The second-order valence-electron chi connectivity index (χ2n) is 6.64. The van der Waals surface area contributed by atoms with E-state index >= 15 is 0 Å². The number of benzene rings is 2. The predicted molar refractivity (Wildman–Crippen MR) is 96.6 cm³/mol. The summed E-state index contributed by atoms with van der Waals surface area (Å²) in [6, 6.07) is 17.1. The molecule has 128 valence electrons. The normalized spacial score (nSPS) is 12.4. The van der Waals surface area contributed by atoms with Crippen molar-refractivity contribution in [2.75, 3.05) is 12.0 Å². The lowest BCUT2D eigenvalue weighted by atomic mass is 10.1. The van der Waals surface area contributed by atoms with Crippen LogP contribution in [0, 0.1) is 0 Å². The molecule has 2 aromatic rings. The van der Waals surface area contributed by atoms with Crippen LogP contribution in [0.25, 0.3) is 0 Å². The summed E-state index contributed by atoms with van der Waals surface area (Å²) in [5.41, 5.74) is 1.25. The van der Waals surface area contributed by atoms with E-state index in [1.165, 1.54) is 0 Å². The number of amides is 1. The number of nitrogens with zero attached hydrogens (tertiary/aromatic N) is 1. The van der Waals surface area contributed by atoms with Crippen molar-refractivity contribution in [1.82, 2.24) is 0 Å². The highest BCUT2D eigenvalue weighted by Gasteiger charge is 2.28. The van der Waals surface area contributed by atoms with Gasteiger partial charge >= 0.3 is 6.09 Å². The minimum atomic E-state index is -0.557. The molecule has 0 N–H and O–H groups in total. The summed E-state index contributed by atoms with van der Waals surface area (Å²) in [6.45, 7) is 7.59. The van der Waals surface area contributed by atoms with Crippen LogP contribution in [0.15, 0.2) is 54.6 Å². The Balaban J connectivity index is 2.38. The zero-order valence-electron chi connectivity index (χ0n) is 14.9. The lowest BCUT2D eigenvalue weighted by Gasteiger charge is -2.32. The monoisotopic (exact) mass is 327 g/mol. The van der Waals surface area contributed by atoms with E-state index in [0.717, 1.165) is 17.0 Å². The summed E-state index contributed by atoms with van der Waals surface area (Å²) in [4.78, 5) is 14.5. The maximum Gasteiger partial charge on any atom is 0.415 e. The zero-order chi connectivity index (χ0) is 17.7. The van der Waals surface area contributed by atoms with Gasteiger partial charge in [0.2, 0.25) is 0 Å². The number of anilines is 1. The summed E-state index contributed by atoms with van der Waals surface area (Å²) in [5.74, 6) is 0.746. The molecule has 4 nitrogen and oxygen atoms in total. The van der Waals surface area contributed by atoms with Gasteiger partial charge in [0.05, 0.1) is 13.2 Å². The van der Waals surface area contributed by atoms with Crippen molar-refractivity contribution in [3.8, 4) is 5.75 Å². The second kappa shape index (κ2) is 7.39. The average molecular weight is 327 g/mol. The lowest BCUT2D eigenvalue weighted by molar-refractivity contribution is 0.0567. The minimum absolute atomic E-state index is 0.158. The van der Waals surface area contributed by atoms with Gasteiger partial charge in [0.15, 0.2) is 0 Å². The van der Waals surface area contributed by atoms with E-state index in [0.29, 0.717) is 0 Å². The Bertz CT molecular complexity index is 660. The van der Waals surface area contributed by atoms with Crippen molar-refractivity contribution in [2.45, 2.75) is 39.3 Å². The molecule has 4 heteroatoms. The maximum absolute atomic E-state index is 12.8. The molecule has 1 atom stereocenters. The molecular weight excluding hydrogens is 302 g/mol. The molecule has 0 aliphatic rings. The number of carbonyl (C=O) groups excluding carboxylic acids is 1. The summed E-state index contributed by atoms with van der Waals surface area (Å²) in [6.07, 6.45) is -0.371. The molecule has 0 saturated heterocycles. The first-order valence-corrected chi connectivity index (χ1v) is 8.03. The Kier molecular flexibility index (Phi) is 5.50. The van der Waals surface area contributed by atoms with Gasteiger partial charge < -0.3 is 9.47 Å². The fraction of sp³-hybridized carbons (Fsp3) is 0.350. The van der Waals surface area contributed by atoms with Gasteiger partial charge in [0, 0.05) is 5.69 Å². The summed E-state index contributed by atoms with van der Waals surface area (Å²) in [7, 11) is 1.62. The highest BCUT2D eigenvalue weighted by Crippen LogP contribution is 2.30. The van der Waals surface area contributed by atoms with Gasteiger partial charge in [0.1, 0.15) is 11.4 Å². The van der Waals surface area contributed by atoms with Crippen LogP contribution in [-0.2, 0) is 4.74 Å². The largest absolute Gasteiger partial charge is 0.497 e. The van der Waals surface area contributed by atoms with Gasteiger partial charge in [-0.1, -0.05) is 30.3 Å². The number of carbonyl (C=O) groups is 1. The first kappa shape index (κ1) is 17.9. The zero-order valence-corrected chi connectivity index (χ0v) is 14.9. The molecule has 2 aromatic carbocycles. The highest BCUT2D eigenvalue weighted by molar-refractivity contribution is 5.88. The van der Waals surface area contributed by atoms with Crippen molar-refractivity contribution in [2.24, 2.45) is 0 Å². The van der Waals surface area contributed by atoms with Crippen LogP contribution in [-0.4, -0.2) is 18.8 Å². The van der Waals surface area contributed by atoms with Gasteiger partial charge in [0.25, 0.3) is 0 Å². The van der Waals surface area contributed by atoms with Crippen LogP contribution in [0.1, 0.15) is 39.3 Å². The van der Waals surface area contributed by atoms with Crippen LogP contribution in [0.3, 0.4) is 0 Å². The number of hydrogen-bond donors (Lipinski definition) is 0. The van der Waals surface area contributed by atoms with E-state index in [9.17, 15) is 4.79 Å². The van der Waals surface area contributed by atoms with Gasteiger partial charge in [-0.25, -0.2) is 4.79 Å². The van der Waals surface area contributed by atoms with E-state index < -0.39 is 5.60 Å². The van der Waals surface area contributed by atoms with Crippen LogP contribution in [0.5, 0.6) is 5.75 Å². The molecule has 0 aromatic heterocycles. The molecule has 1 amide bonds. The number of hydrogen-bond acceptors (Lipinski definition) is 3. The van der Waals surface area contributed by atoms with Crippen LogP contribution < -0.4 is 9.64 Å². The molecule has 0 aliphatic heterocycles. The molecule has 24 heavy (non-hydrogen) atoms. The molecule has 0 saturated carbocycles. The quantitative estimate of drug-likeness (QED) is 0.775. The Morgan fingerprint density at radius 3 is 2.08 bits per heavy atom. The smallest absolute Gasteiger partial charge is 0.415 e. The standard InChI is InChI=1S/C20H25NO3/c1-15(16-9-7-6-8-10-16)21(19(22)24-20(2,3)4)17-11-13-18(23-5)14-12-17/h6-15H,1-5H3. The first-order valence-electron chi connectivity index (χ1n) is 8.03. The fourth-order valence-electron chi connectivity index (χ4n) is 2.42. The number of rotatable bonds is 4. The molecular formula is C20H25NO3. The van der Waals surface area contributed by atoms with Gasteiger partial charge in [-0.15, -0.1) is 0 Å². The summed E-state index contributed by atoms with van der Waals surface area (Å²) in [5, 5.41) is 0. The maximum atomic E-state index is 12.8. The Labute approximate surface area is 144 Å². The predicted octanol–water partition coefficient (Wildman–Crippen LogP) is 5.20. The van der Waals surface area contributed by atoms with Crippen molar-refractivity contribution < 1.29 is 14.3 Å². The topological polar surface area (TPSA) is 38.8 Å². The van der Waals surface area contributed by atoms with E-state index in [2.05, 4.69) is 0 Å². The summed E-state index contributed by atoms with van der Waals surface area (Å²) < 4.78 is 10.8. The van der Waals surface area contributed by atoms with E-state index in [1.54, 1.807) is 12.0 Å². The van der Waals surface area contributed by atoms with Gasteiger partial charge in [-0.05, 0) is 57.5 Å². The van der Waals surface area contributed by atoms with Gasteiger partial charge in [-0.3, -0.25) is 4.90 Å². The Morgan fingerprint density at radius 2 is 1.58 bits per heavy atom. The molecule has 0 aliphatic carbocycles. The van der Waals surface area contributed by atoms with E-state index in [1.807, 2.05) is 82.3 Å². The van der Waals surface area contributed by atoms with Crippen molar-refractivity contribution >= 4 is 11.8 Å². The molecule has 1 unspecified atom stereocenters. The number of methoxy groups -OCH3 is 1. The average Bonchev–Trinajstić information content (AvgIpc) is 2.55. The van der Waals surface area contributed by atoms with Crippen molar-refractivity contribution in [3.63, 3.8) is 0 Å². The third-order valence-corrected chi connectivity index (χ3v) is 3.61. The summed E-state index contributed by atoms with van der Waals surface area (Å²) >= 11 is 0. The van der Waals surface area contributed by atoms with Crippen molar-refractivity contribution in [3.05, 3.63) is 60.2 Å². The molecule has 0 fully saturated rings. The molecule has 0 spiro atoms. The fourth-order valence-corrected chi connectivity index (χ4v) is 2.42. The molecule has 0 bridgehead atoms. The van der Waals surface area contributed by atoms with Crippen LogP contribution >= 0.6 is 0 Å². The van der Waals surface area contributed by atoms with E-state index in [4.69, 9.17) is 9.47 Å². The minimum Gasteiger partial charge on any atom is -0.497 e.